The van der Waals surface area contributed by atoms with Gasteiger partial charge in [-0.1, -0.05) is 18.2 Å². The number of hydrogen-bond donors (Lipinski definition) is 2. The summed E-state index contributed by atoms with van der Waals surface area (Å²) in [5.41, 5.74) is 7.09. The predicted octanol–water partition coefficient (Wildman–Crippen LogP) is 2.39. The Kier molecular flexibility index (Phi) is 3.50. The third kappa shape index (κ3) is 2.30. The van der Waals surface area contributed by atoms with Gasteiger partial charge in [0.15, 0.2) is 5.82 Å². The zero-order valence-electron chi connectivity index (χ0n) is 13.0. The lowest BCUT2D eigenvalue weighted by molar-refractivity contribution is -0.00259. The summed E-state index contributed by atoms with van der Waals surface area (Å²) in [7, 11) is 0. The van der Waals surface area contributed by atoms with Crippen LogP contribution in [0.5, 0.6) is 0 Å². The minimum Gasteiger partial charge on any atom is -0.382 e. The van der Waals surface area contributed by atoms with E-state index in [1.807, 2.05) is 31.2 Å². The quantitative estimate of drug-likeness (QED) is 0.772. The Morgan fingerprint density at radius 2 is 2.00 bits per heavy atom. The number of aromatic nitrogens is 3. The molecule has 0 aliphatic carbocycles. The van der Waals surface area contributed by atoms with Crippen molar-refractivity contribution in [1.82, 2.24) is 14.5 Å². The van der Waals surface area contributed by atoms with Gasteiger partial charge in [-0.05, 0) is 26.8 Å². The summed E-state index contributed by atoms with van der Waals surface area (Å²) in [5, 5.41) is 11.5. The van der Waals surface area contributed by atoms with Crippen LogP contribution in [-0.2, 0) is 17.1 Å². The standard InChI is InChI=1S/C16H20N4O2/c1-4-22-9-12-19-13-14(20(12)16(2,3)21)10-7-5-6-8-11(10)18-15(13)17/h5-8,21H,4,9H2,1-3H3,(H2,17,18). The Balaban J connectivity index is 2.43. The van der Waals surface area contributed by atoms with Crippen LogP contribution >= 0.6 is 0 Å². The van der Waals surface area contributed by atoms with Crippen molar-refractivity contribution in [3.8, 4) is 0 Å². The second-order valence-electron chi connectivity index (χ2n) is 5.71. The van der Waals surface area contributed by atoms with Gasteiger partial charge in [-0.3, -0.25) is 4.57 Å². The van der Waals surface area contributed by atoms with Crippen molar-refractivity contribution in [2.75, 3.05) is 12.3 Å². The van der Waals surface area contributed by atoms with E-state index in [4.69, 9.17) is 10.5 Å². The second kappa shape index (κ2) is 5.23. The minimum atomic E-state index is -1.13. The van der Waals surface area contributed by atoms with E-state index in [-0.39, 0.29) is 0 Å². The summed E-state index contributed by atoms with van der Waals surface area (Å²) in [4.78, 5) is 8.96. The Hall–Kier alpha value is -2.18. The molecule has 6 nitrogen and oxygen atoms in total. The van der Waals surface area contributed by atoms with Crippen molar-refractivity contribution in [3.63, 3.8) is 0 Å². The molecule has 116 valence electrons. The maximum Gasteiger partial charge on any atom is 0.152 e. The number of fused-ring (bicyclic) bond motifs is 3. The maximum atomic E-state index is 10.6. The van der Waals surface area contributed by atoms with Crippen LogP contribution in [0, 0.1) is 0 Å². The lowest BCUT2D eigenvalue weighted by Crippen LogP contribution is -2.27. The molecule has 2 aromatic heterocycles. The van der Waals surface area contributed by atoms with Gasteiger partial charge in [-0.2, -0.15) is 0 Å². The van der Waals surface area contributed by atoms with Gasteiger partial charge < -0.3 is 15.6 Å². The number of imidazole rings is 1. The Morgan fingerprint density at radius 1 is 1.27 bits per heavy atom. The monoisotopic (exact) mass is 300 g/mol. The topological polar surface area (TPSA) is 86.2 Å². The smallest absolute Gasteiger partial charge is 0.152 e. The van der Waals surface area contributed by atoms with E-state index in [9.17, 15) is 5.11 Å². The van der Waals surface area contributed by atoms with E-state index in [2.05, 4.69) is 9.97 Å². The third-order valence-corrected chi connectivity index (χ3v) is 3.57. The van der Waals surface area contributed by atoms with Crippen LogP contribution in [0.2, 0.25) is 0 Å². The summed E-state index contributed by atoms with van der Waals surface area (Å²) < 4.78 is 7.26. The molecule has 0 radical (unpaired) electrons. The molecule has 0 aliphatic rings. The van der Waals surface area contributed by atoms with Crippen LogP contribution in [0.15, 0.2) is 24.3 Å². The molecule has 3 rings (SSSR count). The number of aliphatic hydroxyl groups is 1. The van der Waals surface area contributed by atoms with Crippen LogP contribution in [0.25, 0.3) is 21.9 Å². The van der Waals surface area contributed by atoms with Crippen molar-refractivity contribution in [3.05, 3.63) is 30.1 Å². The van der Waals surface area contributed by atoms with Crippen molar-refractivity contribution in [2.24, 2.45) is 0 Å². The van der Waals surface area contributed by atoms with E-state index >= 15 is 0 Å². The van der Waals surface area contributed by atoms with Crippen LogP contribution in [0.3, 0.4) is 0 Å². The molecular weight excluding hydrogens is 280 g/mol. The molecule has 6 heteroatoms. The highest BCUT2D eigenvalue weighted by atomic mass is 16.5. The number of benzene rings is 1. The van der Waals surface area contributed by atoms with E-state index in [1.165, 1.54) is 0 Å². The molecule has 0 amide bonds. The summed E-state index contributed by atoms with van der Waals surface area (Å²) in [5.74, 6) is 0.989. The van der Waals surface area contributed by atoms with Gasteiger partial charge in [0, 0.05) is 12.0 Å². The number of nitrogen functional groups attached to an aromatic ring is 1. The number of pyridine rings is 1. The number of para-hydroxylation sites is 1. The van der Waals surface area contributed by atoms with Gasteiger partial charge in [-0.15, -0.1) is 0 Å². The number of hydrogen-bond acceptors (Lipinski definition) is 5. The van der Waals surface area contributed by atoms with Crippen molar-refractivity contribution >= 4 is 27.8 Å². The first-order valence-corrected chi connectivity index (χ1v) is 7.29. The van der Waals surface area contributed by atoms with Crippen LogP contribution in [-0.4, -0.2) is 26.2 Å². The number of anilines is 1. The molecule has 22 heavy (non-hydrogen) atoms. The summed E-state index contributed by atoms with van der Waals surface area (Å²) in [6, 6.07) is 7.70. The van der Waals surface area contributed by atoms with Gasteiger partial charge >= 0.3 is 0 Å². The fourth-order valence-corrected chi connectivity index (χ4v) is 2.73. The van der Waals surface area contributed by atoms with Crippen LogP contribution in [0.4, 0.5) is 5.82 Å². The first-order valence-electron chi connectivity index (χ1n) is 7.29. The number of ether oxygens (including phenoxy) is 1. The largest absolute Gasteiger partial charge is 0.382 e. The fraction of sp³-hybridized carbons (Fsp3) is 0.375. The third-order valence-electron chi connectivity index (χ3n) is 3.57. The van der Waals surface area contributed by atoms with Gasteiger partial charge in [0.2, 0.25) is 0 Å². The number of rotatable bonds is 4. The highest BCUT2D eigenvalue weighted by molar-refractivity contribution is 6.06. The summed E-state index contributed by atoms with van der Waals surface area (Å²) in [6.07, 6.45) is 0. The number of nitrogens with two attached hydrogens (primary N) is 1. The van der Waals surface area contributed by atoms with Crippen molar-refractivity contribution < 1.29 is 9.84 Å². The molecular formula is C16H20N4O2. The Labute approximate surface area is 128 Å². The normalized spacial score (nSPS) is 12.4. The first-order chi connectivity index (χ1) is 10.4. The SMILES string of the molecule is CCOCc1nc2c(N)nc3ccccc3c2n1C(C)(C)O. The highest BCUT2D eigenvalue weighted by Crippen LogP contribution is 2.32. The van der Waals surface area contributed by atoms with E-state index < -0.39 is 5.72 Å². The van der Waals surface area contributed by atoms with Crippen LogP contribution < -0.4 is 5.73 Å². The molecule has 0 unspecified atom stereocenters. The first kappa shape index (κ1) is 14.7. The molecule has 0 aliphatic heterocycles. The van der Waals surface area contributed by atoms with Gasteiger partial charge in [0.1, 0.15) is 23.7 Å². The summed E-state index contributed by atoms with van der Waals surface area (Å²) >= 11 is 0. The molecule has 0 atom stereocenters. The Morgan fingerprint density at radius 3 is 2.68 bits per heavy atom. The number of nitrogens with zero attached hydrogens (tertiary/aromatic N) is 3. The molecule has 0 saturated heterocycles. The van der Waals surface area contributed by atoms with E-state index in [1.54, 1.807) is 18.4 Å². The van der Waals surface area contributed by atoms with E-state index in [0.717, 1.165) is 16.4 Å². The molecule has 1 aromatic carbocycles. The molecule has 3 aromatic rings. The lowest BCUT2D eigenvalue weighted by Gasteiger charge is -2.23. The zero-order valence-corrected chi connectivity index (χ0v) is 13.0. The van der Waals surface area contributed by atoms with Gasteiger partial charge in [-0.25, -0.2) is 9.97 Å². The molecule has 0 spiro atoms. The van der Waals surface area contributed by atoms with Gasteiger partial charge in [0.25, 0.3) is 0 Å². The Bertz CT molecular complexity index is 833. The molecule has 0 saturated carbocycles. The summed E-state index contributed by atoms with van der Waals surface area (Å²) in [6.45, 7) is 6.23. The van der Waals surface area contributed by atoms with Gasteiger partial charge in [0.05, 0.1) is 11.0 Å². The highest BCUT2D eigenvalue weighted by Gasteiger charge is 2.26. The second-order valence-corrected chi connectivity index (χ2v) is 5.71. The van der Waals surface area contributed by atoms with Crippen molar-refractivity contribution in [1.29, 1.82) is 0 Å². The molecule has 0 bridgehead atoms. The minimum absolute atomic E-state index is 0.308. The lowest BCUT2D eigenvalue weighted by atomic mass is 10.1. The zero-order chi connectivity index (χ0) is 15.9. The average molecular weight is 300 g/mol. The molecule has 3 N–H and O–H groups in total. The average Bonchev–Trinajstić information content (AvgIpc) is 2.85. The molecule has 2 heterocycles. The van der Waals surface area contributed by atoms with Crippen molar-refractivity contribution in [2.45, 2.75) is 33.1 Å². The van der Waals surface area contributed by atoms with E-state index in [0.29, 0.717) is 30.4 Å². The molecule has 0 fully saturated rings. The predicted molar refractivity (Wildman–Crippen MR) is 86.3 cm³/mol. The van der Waals surface area contributed by atoms with Crippen LogP contribution in [0.1, 0.15) is 26.6 Å². The maximum absolute atomic E-state index is 10.6. The fourth-order valence-electron chi connectivity index (χ4n) is 2.73.